The predicted octanol–water partition coefficient (Wildman–Crippen LogP) is 4.82. The highest BCUT2D eigenvalue weighted by molar-refractivity contribution is 9.10. The van der Waals surface area contributed by atoms with Gasteiger partial charge in [-0.25, -0.2) is 0 Å². The van der Waals surface area contributed by atoms with Gasteiger partial charge in [-0.15, -0.1) is 0 Å². The van der Waals surface area contributed by atoms with Gasteiger partial charge in [-0.1, -0.05) is 34.1 Å². The van der Waals surface area contributed by atoms with Crippen LogP contribution in [0.2, 0.25) is 0 Å². The molecule has 0 saturated heterocycles. The van der Waals surface area contributed by atoms with Gasteiger partial charge in [-0.2, -0.15) is 11.3 Å². The maximum absolute atomic E-state index is 12.1. The molecule has 0 aliphatic rings. The summed E-state index contributed by atoms with van der Waals surface area (Å²) in [4.78, 5) is 16.3. The standard InChI is InChI=1S/C19H17BrN2OS/c20-18-4-2-1-3-15(18)5-6-19(23)22-11-14-9-17(12-21-10-14)16-7-8-24-13-16/h1-4,7-10,12-13H,5-6,11H2,(H,22,23). The molecule has 5 heteroatoms. The smallest absolute Gasteiger partial charge is 0.220 e. The molecule has 24 heavy (non-hydrogen) atoms. The fourth-order valence-corrected chi connectivity index (χ4v) is 3.56. The number of nitrogens with one attached hydrogen (secondary N) is 1. The van der Waals surface area contributed by atoms with Gasteiger partial charge >= 0.3 is 0 Å². The molecule has 3 aromatic rings. The average Bonchev–Trinajstić information content (AvgIpc) is 3.14. The van der Waals surface area contributed by atoms with Crippen molar-refractivity contribution in [3.8, 4) is 11.1 Å². The van der Waals surface area contributed by atoms with Crippen molar-refractivity contribution in [1.82, 2.24) is 10.3 Å². The number of hydrogen-bond acceptors (Lipinski definition) is 3. The van der Waals surface area contributed by atoms with Crippen LogP contribution in [0.4, 0.5) is 0 Å². The van der Waals surface area contributed by atoms with Crippen molar-refractivity contribution in [1.29, 1.82) is 0 Å². The van der Waals surface area contributed by atoms with Gasteiger partial charge in [0.1, 0.15) is 0 Å². The van der Waals surface area contributed by atoms with Gasteiger partial charge in [0.25, 0.3) is 0 Å². The van der Waals surface area contributed by atoms with E-state index in [1.165, 1.54) is 0 Å². The van der Waals surface area contributed by atoms with E-state index in [2.05, 4.69) is 43.7 Å². The van der Waals surface area contributed by atoms with Gasteiger partial charge in [-0.05, 0) is 52.1 Å². The summed E-state index contributed by atoms with van der Waals surface area (Å²) in [6, 6.07) is 12.1. The Hall–Kier alpha value is -1.98. The number of thiophene rings is 1. The summed E-state index contributed by atoms with van der Waals surface area (Å²) in [5, 5.41) is 7.11. The molecule has 2 heterocycles. The molecule has 0 saturated carbocycles. The molecular formula is C19H17BrN2OS. The van der Waals surface area contributed by atoms with Crippen LogP contribution in [-0.4, -0.2) is 10.9 Å². The minimum absolute atomic E-state index is 0.0479. The normalized spacial score (nSPS) is 10.5. The molecule has 0 atom stereocenters. The van der Waals surface area contributed by atoms with Gasteiger partial charge in [0.2, 0.25) is 5.91 Å². The van der Waals surface area contributed by atoms with E-state index < -0.39 is 0 Å². The number of aromatic nitrogens is 1. The lowest BCUT2D eigenvalue weighted by molar-refractivity contribution is -0.121. The second kappa shape index (κ2) is 8.22. The van der Waals surface area contributed by atoms with E-state index in [4.69, 9.17) is 0 Å². The van der Waals surface area contributed by atoms with Crippen molar-refractivity contribution < 1.29 is 4.79 Å². The first-order valence-electron chi connectivity index (χ1n) is 7.69. The van der Waals surface area contributed by atoms with Crippen molar-refractivity contribution in [2.45, 2.75) is 19.4 Å². The summed E-state index contributed by atoms with van der Waals surface area (Å²) in [6.07, 6.45) is 4.84. The molecule has 1 N–H and O–H groups in total. The van der Waals surface area contributed by atoms with Gasteiger partial charge in [0.15, 0.2) is 0 Å². The van der Waals surface area contributed by atoms with E-state index >= 15 is 0 Å². The monoisotopic (exact) mass is 400 g/mol. The quantitative estimate of drug-likeness (QED) is 0.644. The molecule has 0 bridgehead atoms. The number of carbonyl (C=O) groups excluding carboxylic acids is 1. The van der Waals surface area contributed by atoms with Crippen LogP contribution in [0.25, 0.3) is 11.1 Å². The minimum Gasteiger partial charge on any atom is -0.352 e. The number of nitrogens with zero attached hydrogens (tertiary/aromatic N) is 1. The van der Waals surface area contributed by atoms with Crippen LogP contribution in [0.5, 0.6) is 0 Å². The molecule has 0 spiro atoms. The van der Waals surface area contributed by atoms with Gasteiger partial charge in [-0.3, -0.25) is 9.78 Å². The number of amides is 1. The summed E-state index contributed by atoms with van der Waals surface area (Å²) in [6.45, 7) is 0.500. The Balaban J connectivity index is 1.53. The first-order valence-corrected chi connectivity index (χ1v) is 9.42. The molecule has 0 aliphatic heterocycles. The topological polar surface area (TPSA) is 42.0 Å². The molecule has 3 nitrogen and oxygen atoms in total. The molecule has 1 aromatic carbocycles. The molecular weight excluding hydrogens is 384 g/mol. The number of benzene rings is 1. The number of rotatable bonds is 6. The third-order valence-corrected chi connectivity index (χ3v) is 5.18. The zero-order chi connectivity index (χ0) is 16.8. The van der Waals surface area contributed by atoms with Crippen molar-refractivity contribution in [2.24, 2.45) is 0 Å². The minimum atomic E-state index is 0.0479. The lowest BCUT2D eigenvalue weighted by Gasteiger charge is -2.07. The Bertz CT molecular complexity index is 818. The highest BCUT2D eigenvalue weighted by Crippen LogP contribution is 2.22. The highest BCUT2D eigenvalue weighted by atomic mass is 79.9. The summed E-state index contributed by atoms with van der Waals surface area (Å²) in [5.74, 6) is 0.0479. The molecule has 0 fully saturated rings. The number of halogens is 1. The molecule has 1 amide bonds. The Morgan fingerprint density at radius 3 is 2.83 bits per heavy atom. The second-order valence-electron chi connectivity index (χ2n) is 5.46. The van der Waals surface area contributed by atoms with Gasteiger partial charge in [0.05, 0.1) is 0 Å². The van der Waals surface area contributed by atoms with E-state index in [0.717, 1.165) is 33.1 Å². The zero-order valence-corrected chi connectivity index (χ0v) is 15.4. The summed E-state index contributed by atoms with van der Waals surface area (Å²) in [7, 11) is 0. The van der Waals surface area contributed by atoms with Crippen LogP contribution in [0, 0.1) is 0 Å². The fourth-order valence-electron chi connectivity index (χ4n) is 2.41. The zero-order valence-electron chi connectivity index (χ0n) is 13.0. The van der Waals surface area contributed by atoms with Crippen LogP contribution in [0.3, 0.4) is 0 Å². The van der Waals surface area contributed by atoms with Crippen molar-refractivity contribution >= 4 is 33.2 Å². The number of carbonyl (C=O) groups is 1. The molecule has 0 unspecified atom stereocenters. The summed E-state index contributed by atoms with van der Waals surface area (Å²) in [5.41, 5.74) is 4.40. The third kappa shape index (κ3) is 4.52. The molecule has 2 aromatic heterocycles. The molecule has 3 rings (SSSR count). The second-order valence-corrected chi connectivity index (χ2v) is 7.10. The molecule has 122 valence electrons. The first-order chi connectivity index (χ1) is 11.7. The fraction of sp³-hybridized carbons (Fsp3) is 0.158. The first kappa shape index (κ1) is 16.9. The Labute approximate surface area is 153 Å². The van der Waals surface area contributed by atoms with Crippen molar-refractivity contribution in [3.63, 3.8) is 0 Å². The Morgan fingerprint density at radius 1 is 1.17 bits per heavy atom. The Kier molecular flexibility index (Phi) is 5.77. The van der Waals surface area contributed by atoms with Crippen molar-refractivity contribution in [2.75, 3.05) is 0 Å². The van der Waals surface area contributed by atoms with Gasteiger partial charge < -0.3 is 5.32 Å². The van der Waals surface area contributed by atoms with Crippen LogP contribution in [0.1, 0.15) is 17.5 Å². The molecule has 0 radical (unpaired) electrons. The van der Waals surface area contributed by atoms with E-state index in [-0.39, 0.29) is 5.91 Å². The van der Waals surface area contributed by atoms with Crippen LogP contribution in [-0.2, 0) is 17.8 Å². The van der Waals surface area contributed by atoms with Crippen LogP contribution in [0.15, 0.2) is 64.0 Å². The van der Waals surface area contributed by atoms with E-state index in [0.29, 0.717) is 13.0 Å². The lowest BCUT2D eigenvalue weighted by atomic mass is 10.1. The highest BCUT2D eigenvalue weighted by Gasteiger charge is 2.06. The number of pyridine rings is 1. The van der Waals surface area contributed by atoms with Crippen LogP contribution >= 0.6 is 27.3 Å². The van der Waals surface area contributed by atoms with E-state index in [1.807, 2.05) is 35.8 Å². The predicted molar refractivity (Wildman–Crippen MR) is 102 cm³/mol. The van der Waals surface area contributed by atoms with Crippen LogP contribution < -0.4 is 5.32 Å². The maximum atomic E-state index is 12.1. The average molecular weight is 401 g/mol. The lowest BCUT2D eigenvalue weighted by Crippen LogP contribution is -2.23. The van der Waals surface area contributed by atoms with Gasteiger partial charge in [0, 0.05) is 35.4 Å². The SMILES string of the molecule is O=C(CCc1ccccc1Br)NCc1cncc(-c2ccsc2)c1. The number of aryl methyl sites for hydroxylation is 1. The Morgan fingerprint density at radius 2 is 2.04 bits per heavy atom. The maximum Gasteiger partial charge on any atom is 0.220 e. The largest absolute Gasteiger partial charge is 0.352 e. The van der Waals surface area contributed by atoms with Crippen molar-refractivity contribution in [3.05, 3.63) is 75.2 Å². The van der Waals surface area contributed by atoms with E-state index in [1.54, 1.807) is 17.5 Å². The van der Waals surface area contributed by atoms with E-state index in [9.17, 15) is 4.79 Å². The third-order valence-electron chi connectivity index (χ3n) is 3.72. The molecule has 0 aliphatic carbocycles. The summed E-state index contributed by atoms with van der Waals surface area (Å²) >= 11 is 5.17. The summed E-state index contributed by atoms with van der Waals surface area (Å²) < 4.78 is 1.05. The number of hydrogen-bond donors (Lipinski definition) is 1.